The predicted molar refractivity (Wildman–Crippen MR) is 73.3 cm³/mol. The quantitative estimate of drug-likeness (QED) is 0.771. The summed E-state index contributed by atoms with van der Waals surface area (Å²) < 4.78 is 18.0. The molecule has 0 bridgehead atoms. The van der Waals surface area contributed by atoms with E-state index < -0.39 is 23.5 Å². The lowest BCUT2D eigenvalue weighted by Crippen LogP contribution is -1.99. The first-order chi connectivity index (χ1) is 10.5. The van der Waals surface area contributed by atoms with Crippen LogP contribution in [0.5, 0.6) is 0 Å². The highest BCUT2D eigenvalue weighted by molar-refractivity contribution is 6.04. The van der Waals surface area contributed by atoms with Crippen molar-refractivity contribution >= 4 is 23.0 Å². The fourth-order valence-electron chi connectivity index (χ4n) is 2.06. The van der Waals surface area contributed by atoms with Crippen LogP contribution in [0.4, 0.5) is 4.39 Å². The van der Waals surface area contributed by atoms with Gasteiger partial charge in [-0.1, -0.05) is 0 Å². The molecule has 0 radical (unpaired) electrons. The first-order valence-electron chi connectivity index (χ1n) is 6.13. The van der Waals surface area contributed by atoms with Gasteiger partial charge in [-0.15, -0.1) is 0 Å². The smallest absolute Gasteiger partial charge is 0.371 e. The van der Waals surface area contributed by atoms with E-state index in [0.29, 0.717) is 5.56 Å². The average Bonchev–Trinajstić information content (AvgIpc) is 2.91. The van der Waals surface area contributed by atoms with Crippen molar-refractivity contribution in [1.29, 1.82) is 0 Å². The van der Waals surface area contributed by atoms with Gasteiger partial charge in [0.25, 0.3) is 0 Å². The molecular formula is C15H8FNO5. The summed E-state index contributed by atoms with van der Waals surface area (Å²) in [5.74, 6) is -3.40. The van der Waals surface area contributed by atoms with E-state index in [1.165, 1.54) is 30.3 Å². The van der Waals surface area contributed by atoms with E-state index in [0.717, 1.165) is 6.07 Å². The van der Waals surface area contributed by atoms with Gasteiger partial charge in [-0.3, -0.25) is 0 Å². The van der Waals surface area contributed by atoms with Crippen molar-refractivity contribution in [2.75, 3.05) is 0 Å². The lowest BCUT2D eigenvalue weighted by Gasteiger charge is -2.03. The number of hydrogen-bond acceptors (Lipinski definition) is 4. The number of rotatable bonds is 3. The maximum atomic E-state index is 13.0. The number of carboxylic acids is 2. The molecule has 0 aliphatic heterocycles. The molecule has 7 heteroatoms. The monoisotopic (exact) mass is 301 g/mol. The summed E-state index contributed by atoms with van der Waals surface area (Å²) in [6.45, 7) is 0. The summed E-state index contributed by atoms with van der Waals surface area (Å²) in [4.78, 5) is 26.4. The highest BCUT2D eigenvalue weighted by atomic mass is 19.1. The average molecular weight is 301 g/mol. The van der Waals surface area contributed by atoms with Gasteiger partial charge in [0.15, 0.2) is 0 Å². The topological polar surface area (TPSA) is 101 Å². The normalized spacial score (nSPS) is 10.8. The van der Waals surface area contributed by atoms with E-state index in [1.54, 1.807) is 0 Å². The van der Waals surface area contributed by atoms with Crippen LogP contribution in [0.2, 0.25) is 0 Å². The fraction of sp³-hybridized carbons (Fsp3) is 0. The van der Waals surface area contributed by atoms with Crippen LogP contribution in [0, 0.1) is 5.82 Å². The Morgan fingerprint density at radius 2 is 1.73 bits per heavy atom. The van der Waals surface area contributed by atoms with Crippen molar-refractivity contribution in [2.24, 2.45) is 0 Å². The van der Waals surface area contributed by atoms with Gasteiger partial charge in [0.1, 0.15) is 5.82 Å². The van der Waals surface area contributed by atoms with Crippen molar-refractivity contribution in [3.63, 3.8) is 0 Å². The van der Waals surface area contributed by atoms with Crippen molar-refractivity contribution < 1.29 is 28.6 Å². The molecule has 2 aromatic heterocycles. The molecule has 0 amide bonds. The number of pyridine rings is 1. The van der Waals surface area contributed by atoms with Gasteiger partial charge in [-0.05, 0) is 30.3 Å². The Morgan fingerprint density at radius 1 is 1.05 bits per heavy atom. The summed E-state index contributed by atoms with van der Waals surface area (Å²) in [7, 11) is 0. The molecule has 0 saturated heterocycles. The third-order valence-electron chi connectivity index (χ3n) is 3.09. The lowest BCUT2D eigenvalue weighted by atomic mass is 10.1. The van der Waals surface area contributed by atoms with E-state index in [4.69, 9.17) is 9.52 Å². The predicted octanol–water partition coefficient (Wildman–Crippen LogP) is 3.03. The number of nitrogens with zero attached hydrogens (tertiary/aromatic N) is 1. The van der Waals surface area contributed by atoms with E-state index >= 15 is 0 Å². The maximum absolute atomic E-state index is 13.0. The highest BCUT2D eigenvalue weighted by Gasteiger charge is 2.19. The second-order valence-corrected chi connectivity index (χ2v) is 4.50. The van der Waals surface area contributed by atoms with Gasteiger partial charge in [0, 0.05) is 11.6 Å². The zero-order valence-electron chi connectivity index (χ0n) is 10.9. The minimum atomic E-state index is -1.32. The van der Waals surface area contributed by atoms with Crippen LogP contribution < -0.4 is 0 Å². The molecule has 0 atom stereocenters. The van der Waals surface area contributed by atoms with Gasteiger partial charge >= 0.3 is 11.9 Å². The Balaban J connectivity index is 2.26. The third-order valence-corrected chi connectivity index (χ3v) is 3.09. The largest absolute Gasteiger partial charge is 0.478 e. The molecule has 0 spiro atoms. The third kappa shape index (κ3) is 2.28. The Kier molecular flexibility index (Phi) is 3.10. The summed E-state index contributed by atoms with van der Waals surface area (Å²) >= 11 is 0. The second kappa shape index (κ2) is 4.96. The maximum Gasteiger partial charge on any atom is 0.371 e. The van der Waals surface area contributed by atoms with Gasteiger partial charge in [-0.2, -0.15) is 0 Å². The molecule has 6 nitrogen and oxygen atoms in total. The molecule has 3 rings (SSSR count). The first kappa shape index (κ1) is 13.7. The molecule has 0 aliphatic rings. The molecule has 2 heterocycles. The molecule has 0 fully saturated rings. The van der Waals surface area contributed by atoms with Crippen molar-refractivity contribution in [3.05, 3.63) is 53.5 Å². The summed E-state index contributed by atoms with van der Waals surface area (Å²) in [5.41, 5.74) is 0.493. The zero-order chi connectivity index (χ0) is 15.9. The molecule has 0 unspecified atom stereocenters. The number of furan rings is 1. The van der Waals surface area contributed by atoms with Crippen LogP contribution in [-0.2, 0) is 0 Å². The number of aromatic carboxylic acids is 2. The minimum Gasteiger partial charge on any atom is -0.478 e. The second-order valence-electron chi connectivity index (χ2n) is 4.50. The zero-order valence-corrected chi connectivity index (χ0v) is 10.9. The lowest BCUT2D eigenvalue weighted by molar-refractivity contribution is 0.0661. The molecule has 0 aliphatic carbocycles. The van der Waals surface area contributed by atoms with Crippen molar-refractivity contribution in [1.82, 2.24) is 4.98 Å². The van der Waals surface area contributed by atoms with E-state index in [1.807, 2.05) is 0 Å². The summed E-state index contributed by atoms with van der Waals surface area (Å²) in [6, 6.07) is 7.72. The van der Waals surface area contributed by atoms with Crippen molar-refractivity contribution in [3.8, 4) is 11.3 Å². The van der Waals surface area contributed by atoms with Crippen LogP contribution in [0.25, 0.3) is 22.4 Å². The minimum absolute atomic E-state index is 0.0933. The Morgan fingerprint density at radius 3 is 2.32 bits per heavy atom. The van der Waals surface area contributed by atoms with E-state index in [-0.39, 0.29) is 22.4 Å². The number of hydrogen-bond donors (Lipinski definition) is 2. The Hall–Kier alpha value is -3.22. The van der Waals surface area contributed by atoms with E-state index in [9.17, 15) is 19.1 Å². The molecule has 1 aromatic carbocycles. The Bertz CT molecular complexity index is 898. The van der Waals surface area contributed by atoms with Gasteiger partial charge in [-0.25, -0.2) is 19.0 Å². The van der Waals surface area contributed by atoms with Gasteiger partial charge in [0.2, 0.25) is 11.5 Å². The standard InChI is InChI=1S/C15H8FNO5/c16-8-3-1-7(2-4-8)11-5-10(14(18)19)9-6-12(15(20)21)22-13(9)17-11/h1-6H,(H,18,19)(H,20,21). The number of benzene rings is 1. The Labute approximate surface area is 122 Å². The van der Waals surface area contributed by atoms with Crippen LogP contribution in [0.15, 0.2) is 40.8 Å². The van der Waals surface area contributed by atoms with E-state index in [2.05, 4.69) is 4.98 Å². The van der Waals surface area contributed by atoms with Crippen LogP contribution >= 0.6 is 0 Å². The summed E-state index contributed by atoms with van der Waals surface area (Å²) in [5, 5.41) is 18.3. The van der Waals surface area contributed by atoms with Crippen LogP contribution in [0.3, 0.4) is 0 Å². The molecular weight excluding hydrogens is 293 g/mol. The number of carboxylic acid groups (broad SMARTS) is 2. The van der Waals surface area contributed by atoms with Gasteiger partial charge < -0.3 is 14.6 Å². The number of carbonyl (C=O) groups is 2. The van der Waals surface area contributed by atoms with Gasteiger partial charge in [0.05, 0.1) is 16.6 Å². The number of fused-ring (bicyclic) bond motifs is 1. The van der Waals surface area contributed by atoms with Crippen LogP contribution in [-0.4, -0.2) is 27.1 Å². The number of aromatic nitrogens is 1. The fourth-order valence-corrected chi connectivity index (χ4v) is 2.06. The molecule has 110 valence electrons. The molecule has 22 heavy (non-hydrogen) atoms. The molecule has 3 aromatic rings. The number of halogens is 1. The first-order valence-corrected chi connectivity index (χ1v) is 6.13. The molecule has 0 saturated carbocycles. The molecule has 2 N–H and O–H groups in total. The SMILES string of the molecule is O=C(O)c1cc2c(C(=O)O)cc(-c3ccc(F)cc3)nc2o1. The van der Waals surface area contributed by atoms with Crippen molar-refractivity contribution in [2.45, 2.75) is 0 Å². The van der Waals surface area contributed by atoms with Crippen LogP contribution in [0.1, 0.15) is 20.9 Å². The highest BCUT2D eigenvalue weighted by Crippen LogP contribution is 2.27. The summed E-state index contributed by atoms with van der Waals surface area (Å²) in [6.07, 6.45) is 0.